The third kappa shape index (κ3) is 2.61. The topological polar surface area (TPSA) is 58.6 Å². The fraction of sp³-hybridized carbons (Fsp3) is 0.545. The van der Waals surface area contributed by atoms with Gasteiger partial charge in [0.05, 0.1) is 11.7 Å². The molecule has 88 valence electrons. The van der Waals surface area contributed by atoms with E-state index >= 15 is 0 Å². The smallest absolute Gasteiger partial charge is 0.336 e. The van der Waals surface area contributed by atoms with Crippen molar-refractivity contribution >= 4 is 17.3 Å². The summed E-state index contributed by atoms with van der Waals surface area (Å²) < 4.78 is 5.44. The van der Waals surface area contributed by atoms with Gasteiger partial charge in [0, 0.05) is 29.5 Å². The molecular weight excluding hydrogens is 226 g/mol. The van der Waals surface area contributed by atoms with E-state index in [1.807, 2.05) is 0 Å². The summed E-state index contributed by atoms with van der Waals surface area (Å²) in [6.07, 6.45) is 1.28. The fourth-order valence-corrected chi connectivity index (χ4v) is 2.63. The van der Waals surface area contributed by atoms with Crippen LogP contribution in [0, 0.1) is 0 Å². The quantitative estimate of drug-likeness (QED) is 0.842. The first-order valence-electron chi connectivity index (χ1n) is 5.32. The molecule has 0 amide bonds. The van der Waals surface area contributed by atoms with Gasteiger partial charge in [-0.25, -0.2) is 4.79 Å². The molecule has 1 aromatic rings. The SMILES string of the molecule is CC1OCCC1NCc1cc(C(=O)O)cs1. The Morgan fingerprint density at radius 2 is 2.56 bits per heavy atom. The lowest BCUT2D eigenvalue weighted by atomic mass is 10.1. The molecule has 0 bridgehead atoms. The summed E-state index contributed by atoms with van der Waals surface area (Å²) in [5.74, 6) is -0.861. The standard InChI is InChI=1S/C11H15NO3S/c1-7-10(2-3-15-7)12-5-9-4-8(6-16-9)11(13)14/h4,6-7,10,12H,2-3,5H2,1H3,(H,13,14). The lowest BCUT2D eigenvalue weighted by Crippen LogP contribution is -2.33. The van der Waals surface area contributed by atoms with Gasteiger partial charge in [0.25, 0.3) is 0 Å². The van der Waals surface area contributed by atoms with Crippen LogP contribution < -0.4 is 5.32 Å². The van der Waals surface area contributed by atoms with Crippen LogP contribution in [0.3, 0.4) is 0 Å². The van der Waals surface area contributed by atoms with Gasteiger partial charge in [0.1, 0.15) is 0 Å². The van der Waals surface area contributed by atoms with Crippen LogP contribution in [0.25, 0.3) is 0 Å². The molecule has 0 saturated carbocycles. The van der Waals surface area contributed by atoms with E-state index in [0.29, 0.717) is 11.6 Å². The van der Waals surface area contributed by atoms with Crippen LogP contribution >= 0.6 is 11.3 Å². The summed E-state index contributed by atoms with van der Waals surface area (Å²) in [6.45, 7) is 3.59. The van der Waals surface area contributed by atoms with Crippen LogP contribution in [0.15, 0.2) is 11.4 Å². The molecule has 2 unspecified atom stereocenters. The molecule has 1 aliphatic heterocycles. The first-order chi connectivity index (χ1) is 7.66. The van der Waals surface area contributed by atoms with Gasteiger partial charge in [-0.2, -0.15) is 0 Å². The maximum atomic E-state index is 10.7. The first-order valence-corrected chi connectivity index (χ1v) is 6.20. The molecule has 1 aromatic heterocycles. The van der Waals surface area contributed by atoms with Crippen molar-refractivity contribution in [3.05, 3.63) is 21.9 Å². The second-order valence-corrected chi connectivity index (χ2v) is 4.95. The molecular formula is C11H15NO3S. The summed E-state index contributed by atoms with van der Waals surface area (Å²) >= 11 is 1.48. The minimum atomic E-state index is -0.861. The zero-order valence-corrected chi connectivity index (χ0v) is 9.92. The highest BCUT2D eigenvalue weighted by atomic mass is 32.1. The lowest BCUT2D eigenvalue weighted by Gasteiger charge is -2.14. The van der Waals surface area contributed by atoms with Crippen molar-refractivity contribution in [3.8, 4) is 0 Å². The Labute approximate surface area is 98.2 Å². The number of carboxylic acid groups (broad SMARTS) is 1. The minimum Gasteiger partial charge on any atom is -0.478 e. The zero-order chi connectivity index (χ0) is 11.5. The number of rotatable bonds is 4. The largest absolute Gasteiger partial charge is 0.478 e. The van der Waals surface area contributed by atoms with E-state index in [9.17, 15) is 4.79 Å². The number of hydrogen-bond donors (Lipinski definition) is 2. The predicted molar refractivity (Wildman–Crippen MR) is 61.9 cm³/mol. The molecule has 4 nitrogen and oxygen atoms in total. The fourth-order valence-electron chi connectivity index (χ4n) is 1.82. The Morgan fingerprint density at radius 1 is 1.75 bits per heavy atom. The molecule has 16 heavy (non-hydrogen) atoms. The molecule has 0 aromatic carbocycles. The Balaban J connectivity index is 1.87. The number of aromatic carboxylic acids is 1. The van der Waals surface area contributed by atoms with Crippen LogP contribution in [0.5, 0.6) is 0 Å². The van der Waals surface area contributed by atoms with Crippen LogP contribution in [0.4, 0.5) is 0 Å². The van der Waals surface area contributed by atoms with Crippen molar-refractivity contribution in [1.29, 1.82) is 0 Å². The molecule has 2 heterocycles. The average Bonchev–Trinajstić information content (AvgIpc) is 2.83. The zero-order valence-electron chi connectivity index (χ0n) is 9.10. The molecule has 1 aliphatic rings. The summed E-state index contributed by atoms with van der Waals surface area (Å²) in [5, 5.41) is 13.9. The molecule has 2 rings (SSSR count). The highest BCUT2D eigenvalue weighted by molar-refractivity contribution is 7.10. The summed E-state index contributed by atoms with van der Waals surface area (Å²) in [6, 6.07) is 2.11. The third-order valence-electron chi connectivity index (χ3n) is 2.82. The normalized spacial score (nSPS) is 24.8. The predicted octanol–water partition coefficient (Wildman–Crippen LogP) is 1.71. The van der Waals surface area contributed by atoms with Gasteiger partial charge < -0.3 is 15.2 Å². The Kier molecular flexibility index (Phi) is 3.58. The molecule has 5 heteroatoms. The molecule has 2 atom stereocenters. The van der Waals surface area contributed by atoms with E-state index in [-0.39, 0.29) is 6.10 Å². The number of thiophene rings is 1. The maximum absolute atomic E-state index is 10.7. The Hall–Kier alpha value is -0.910. The molecule has 1 fully saturated rings. The van der Waals surface area contributed by atoms with Crippen LogP contribution in [-0.4, -0.2) is 29.8 Å². The number of hydrogen-bond acceptors (Lipinski definition) is 4. The maximum Gasteiger partial charge on any atom is 0.336 e. The van der Waals surface area contributed by atoms with Crippen molar-refractivity contribution in [3.63, 3.8) is 0 Å². The summed E-state index contributed by atoms with van der Waals surface area (Å²) in [5.41, 5.74) is 0.373. The van der Waals surface area contributed by atoms with Crippen molar-refractivity contribution < 1.29 is 14.6 Å². The van der Waals surface area contributed by atoms with Gasteiger partial charge in [0.15, 0.2) is 0 Å². The number of nitrogens with one attached hydrogen (secondary N) is 1. The second-order valence-electron chi connectivity index (χ2n) is 3.96. The number of carbonyl (C=O) groups is 1. The number of carboxylic acids is 1. The summed E-state index contributed by atoms with van der Waals surface area (Å²) in [4.78, 5) is 11.7. The highest BCUT2D eigenvalue weighted by Crippen LogP contribution is 2.17. The Morgan fingerprint density at radius 3 is 3.12 bits per heavy atom. The second kappa shape index (κ2) is 4.95. The molecule has 0 spiro atoms. The van der Waals surface area contributed by atoms with Crippen LogP contribution in [0.2, 0.25) is 0 Å². The van der Waals surface area contributed by atoms with Crippen molar-refractivity contribution in [2.75, 3.05) is 6.61 Å². The third-order valence-corrected chi connectivity index (χ3v) is 3.75. The highest BCUT2D eigenvalue weighted by Gasteiger charge is 2.23. The van der Waals surface area contributed by atoms with Gasteiger partial charge in [-0.05, 0) is 19.4 Å². The van der Waals surface area contributed by atoms with Crippen molar-refractivity contribution in [2.24, 2.45) is 0 Å². The van der Waals surface area contributed by atoms with Crippen molar-refractivity contribution in [2.45, 2.75) is 32.0 Å². The van der Waals surface area contributed by atoms with Crippen LogP contribution in [0.1, 0.15) is 28.6 Å². The Bertz CT molecular complexity index is 377. The van der Waals surface area contributed by atoms with Gasteiger partial charge in [0.2, 0.25) is 0 Å². The van der Waals surface area contributed by atoms with E-state index in [0.717, 1.165) is 24.4 Å². The van der Waals surface area contributed by atoms with Gasteiger partial charge in [-0.3, -0.25) is 0 Å². The van der Waals surface area contributed by atoms with Crippen LogP contribution in [-0.2, 0) is 11.3 Å². The van der Waals surface area contributed by atoms with E-state index < -0.39 is 5.97 Å². The van der Waals surface area contributed by atoms with Gasteiger partial charge in [-0.1, -0.05) is 0 Å². The van der Waals surface area contributed by atoms with Gasteiger partial charge >= 0.3 is 5.97 Å². The molecule has 0 radical (unpaired) electrons. The van der Waals surface area contributed by atoms with Crippen molar-refractivity contribution in [1.82, 2.24) is 5.32 Å². The molecule has 0 aliphatic carbocycles. The number of ether oxygens (including phenoxy) is 1. The van der Waals surface area contributed by atoms with E-state index in [1.165, 1.54) is 11.3 Å². The first kappa shape index (κ1) is 11.6. The molecule has 2 N–H and O–H groups in total. The minimum absolute atomic E-state index is 0.249. The monoisotopic (exact) mass is 241 g/mol. The average molecular weight is 241 g/mol. The van der Waals surface area contributed by atoms with Gasteiger partial charge in [-0.15, -0.1) is 11.3 Å². The lowest BCUT2D eigenvalue weighted by molar-refractivity contribution is 0.0697. The van der Waals surface area contributed by atoms with E-state index in [1.54, 1.807) is 11.4 Å². The molecule has 1 saturated heterocycles. The van der Waals surface area contributed by atoms with E-state index in [4.69, 9.17) is 9.84 Å². The van der Waals surface area contributed by atoms with E-state index in [2.05, 4.69) is 12.2 Å². The summed E-state index contributed by atoms with van der Waals surface area (Å²) in [7, 11) is 0.